The first-order valence-electron chi connectivity index (χ1n) is 8.83. The summed E-state index contributed by atoms with van der Waals surface area (Å²) in [6.45, 7) is 1.81. The van der Waals surface area contributed by atoms with Gasteiger partial charge in [0.2, 0.25) is 5.91 Å². The van der Waals surface area contributed by atoms with Gasteiger partial charge in [0.1, 0.15) is 0 Å². The fourth-order valence-corrected chi connectivity index (χ4v) is 3.89. The molecule has 0 unspecified atom stereocenters. The molecule has 0 aromatic heterocycles. The molecule has 2 aliphatic rings. The highest BCUT2D eigenvalue weighted by Crippen LogP contribution is 2.33. The van der Waals surface area contributed by atoms with Crippen LogP contribution >= 0.6 is 0 Å². The molecule has 5 nitrogen and oxygen atoms in total. The zero-order valence-electron chi connectivity index (χ0n) is 14.0. The molecule has 130 valence electrons. The summed E-state index contributed by atoms with van der Waals surface area (Å²) >= 11 is 0. The minimum atomic E-state index is -0.986. The second-order valence-electron chi connectivity index (χ2n) is 6.90. The third kappa shape index (κ3) is 3.78. The Bertz CT molecular complexity index is 605. The fraction of sp³-hybridized carbons (Fsp3) is 0.579. The molecule has 1 N–H and O–H groups in total. The van der Waals surface area contributed by atoms with Crippen LogP contribution in [0.2, 0.25) is 0 Å². The van der Waals surface area contributed by atoms with Crippen molar-refractivity contribution >= 4 is 11.9 Å². The van der Waals surface area contributed by atoms with Gasteiger partial charge in [-0.3, -0.25) is 4.79 Å². The van der Waals surface area contributed by atoms with Gasteiger partial charge in [-0.15, -0.1) is 0 Å². The van der Waals surface area contributed by atoms with Crippen LogP contribution in [-0.4, -0.2) is 47.2 Å². The first kappa shape index (κ1) is 17.0. The lowest BCUT2D eigenvalue weighted by Gasteiger charge is -2.42. The summed E-state index contributed by atoms with van der Waals surface area (Å²) in [4.78, 5) is 25.9. The molecule has 1 saturated heterocycles. The standard InChI is InChI=1S/C19H25NO4/c21-17(13-15-7-3-4-8-16(15)18(22)23)20-11-12-24-19(14-20)9-5-1-2-6-10-19/h3-4,7-8H,1-2,5-6,9-14H2,(H,22,23). The van der Waals surface area contributed by atoms with Crippen LogP contribution in [-0.2, 0) is 16.0 Å². The Morgan fingerprint density at radius 2 is 1.83 bits per heavy atom. The number of carboxylic acids is 1. The molecule has 1 saturated carbocycles. The Balaban J connectivity index is 1.70. The first-order valence-corrected chi connectivity index (χ1v) is 8.83. The van der Waals surface area contributed by atoms with E-state index in [2.05, 4.69) is 0 Å². The van der Waals surface area contributed by atoms with Crippen molar-refractivity contribution in [2.75, 3.05) is 19.7 Å². The predicted octanol–water partition coefficient (Wildman–Crippen LogP) is 2.88. The summed E-state index contributed by atoms with van der Waals surface area (Å²) in [5, 5.41) is 9.27. The highest BCUT2D eigenvalue weighted by Gasteiger charge is 2.38. The molecular weight excluding hydrogens is 306 g/mol. The van der Waals surface area contributed by atoms with Crippen molar-refractivity contribution in [2.45, 2.75) is 50.5 Å². The lowest BCUT2D eigenvalue weighted by molar-refractivity contribution is -0.152. The molecule has 5 heteroatoms. The molecule has 3 rings (SSSR count). The molecule has 0 radical (unpaired) electrons. The molecule has 1 aliphatic carbocycles. The number of carbonyl (C=O) groups is 2. The van der Waals surface area contributed by atoms with Crippen LogP contribution < -0.4 is 0 Å². The second kappa shape index (κ2) is 7.34. The Morgan fingerprint density at radius 3 is 2.54 bits per heavy atom. The predicted molar refractivity (Wildman–Crippen MR) is 90.1 cm³/mol. The van der Waals surface area contributed by atoms with Gasteiger partial charge in [0.25, 0.3) is 0 Å². The number of ether oxygens (including phenoxy) is 1. The van der Waals surface area contributed by atoms with Crippen molar-refractivity contribution < 1.29 is 19.4 Å². The normalized spacial score (nSPS) is 20.6. The SMILES string of the molecule is O=C(O)c1ccccc1CC(=O)N1CCOC2(CCCCCC2)C1. The number of aromatic carboxylic acids is 1. The van der Waals surface area contributed by atoms with Gasteiger partial charge in [-0.25, -0.2) is 4.79 Å². The van der Waals surface area contributed by atoms with Crippen LogP contribution in [0.25, 0.3) is 0 Å². The topological polar surface area (TPSA) is 66.8 Å². The van der Waals surface area contributed by atoms with Crippen molar-refractivity contribution in [3.05, 3.63) is 35.4 Å². The van der Waals surface area contributed by atoms with E-state index in [4.69, 9.17) is 4.74 Å². The number of hydrogen-bond donors (Lipinski definition) is 1. The minimum absolute atomic E-state index is 0.00405. The van der Waals surface area contributed by atoms with E-state index in [0.717, 1.165) is 25.7 Å². The van der Waals surface area contributed by atoms with Crippen molar-refractivity contribution in [1.29, 1.82) is 0 Å². The summed E-state index contributed by atoms with van der Waals surface area (Å²) < 4.78 is 6.09. The monoisotopic (exact) mass is 331 g/mol. The van der Waals surface area contributed by atoms with Crippen molar-refractivity contribution in [3.8, 4) is 0 Å². The van der Waals surface area contributed by atoms with E-state index in [1.165, 1.54) is 12.8 Å². The van der Waals surface area contributed by atoms with Crippen LogP contribution in [0.5, 0.6) is 0 Å². The quantitative estimate of drug-likeness (QED) is 0.925. The summed E-state index contributed by atoms with van der Waals surface area (Å²) in [5.74, 6) is -0.990. The number of hydrogen-bond acceptors (Lipinski definition) is 3. The van der Waals surface area contributed by atoms with E-state index >= 15 is 0 Å². The number of carbonyl (C=O) groups excluding carboxylic acids is 1. The zero-order valence-corrected chi connectivity index (χ0v) is 14.0. The Hall–Kier alpha value is -1.88. The Morgan fingerprint density at radius 1 is 1.12 bits per heavy atom. The van der Waals surface area contributed by atoms with Gasteiger partial charge in [0.15, 0.2) is 0 Å². The molecule has 2 fully saturated rings. The van der Waals surface area contributed by atoms with Gasteiger partial charge in [-0.05, 0) is 24.5 Å². The van der Waals surface area contributed by atoms with E-state index in [9.17, 15) is 14.7 Å². The number of rotatable bonds is 3. The third-order valence-corrected chi connectivity index (χ3v) is 5.21. The van der Waals surface area contributed by atoms with Crippen LogP contribution in [0.1, 0.15) is 54.4 Å². The molecule has 1 aromatic carbocycles. The van der Waals surface area contributed by atoms with E-state index in [1.54, 1.807) is 24.3 Å². The maximum atomic E-state index is 12.7. The number of amides is 1. The van der Waals surface area contributed by atoms with E-state index in [0.29, 0.717) is 25.3 Å². The van der Waals surface area contributed by atoms with Crippen LogP contribution in [0.4, 0.5) is 0 Å². The molecule has 24 heavy (non-hydrogen) atoms. The summed E-state index contributed by atoms with van der Waals surface area (Å²) in [6, 6.07) is 6.74. The van der Waals surface area contributed by atoms with E-state index in [1.807, 2.05) is 4.90 Å². The molecule has 0 atom stereocenters. The molecule has 1 aliphatic heterocycles. The minimum Gasteiger partial charge on any atom is -0.478 e. The van der Waals surface area contributed by atoms with Gasteiger partial charge < -0.3 is 14.7 Å². The summed E-state index contributed by atoms with van der Waals surface area (Å²) in [7, 11) is 0. The number of benzene rings is 1. The maximum absolute atomic E-state index is 12.7. The molecule has 1 aromatic rings. The largest absolute Gasteiger partial charge is 0.478 e. The third-order valence-electron chi connectivity index (χ3n) is 5.21. The highest BCUT2D eigenvalue weighted by molar-refractivity contribution is 5.91. The van der Waals surface area contributed by atoms with Gasteiger partial charge >= 0.3 is 5.97 Å². The molecule has 1 spiro atoms. The average Bonchev–Trinajstić information content (AvgIpc) is 2.80. The summed E-state index contributed by atoms with van der Waals surface area (Å²) in [6.07, 6.45) is 6.97. The van der Waals surface area contributed by atoms with E-state index in [-0.39, 0.29) is 23.5 Å². The van der Waals surface area contributed by atoms with Crippen LogP contribution in [0, 0.1) is 0 Å². The van der Waals surface area contributed by atoms with Crippen LogP contribution in [0.3, 0.4) is 0 Å². The Labute approximate surface area is 142 Å². The van der Waals surface area contributed by atoms with Gasteiger partial charge in [0, 0.05) is 13.1 Å². The van der Waals surface area contributed by atoms with Crippen LogP contribution in [0.15, 0.2) is 24.3 Å². The molecule has 0 bridgehead atoms. The highest BCUT2D eigenvalue weighted by atomic mass is 16.5. The Kier molecular flexibility index (Phi) is 5.19. The zero-order chi connectivity index (χ0) is 17.0. The molecule has 1 amide bonds. The van der Waals surface area contributed by atoms with Gasteiger partial charge in [-0.2, -0.15) is 0 Å². The van der Waals surface area contributed by atoms with E-state index < -0.39 is 5.97 Å². The number of nitrogens with zero attached hydrogens (tertiary/aromatic N) is 1. The van der Waals surface area contributed by atoms with Crippen molar-refractivity contribution in [1.82, 2.24) is 4.90 Å². The number of morpholine rings is 1. The molecule has 1 heterocycles. The smallest absolute Gasteiger partial charge is 0.335 e. The fourth-order valence-electron chi connectivity index (χ4n) is 3.89. The molecular formula is C19H25NO4. The maximum Gasteiger partial charge on any atom is 0.335 e. The van der Waals surface area contributed by atoms with Crippen molar-refractivity contribution in [2.24, 2.45) is 0 Å². The van der Waals surface area contributed by atoms with Crippen molar-refractivity contribution in [3.63, 3.8) is 0 Å². The number of carboxylic acid groups (broad SMARTS) is 1. The lowest BCUT2D eigenvalue weighted by atomic mass is 9.92. The average molecular weight is 331 g/mol. The first-order chi connectivity index (χ1) is 11.6. The van der Waals surface area contributed by atoms with Gasteiger partial charge in [-0.1, -0.05) is 43.9 Å². The second-order valence-corrected chi connectivity index (χ2v) is 6.90. The lowest BCUT2D eigenvalue weighted by Crippen LogP contribution is -2.53. The van der Waals surface area contributed by atoms with Gasteiger partial charge in [0.05, 0.1) is 24.2 Å². The summed E-state index contributed by atoms with van der Waals surface area (Å²) in [5.41, 5.74) is 0.608.